The standard InChI is InChI=1S/C19H19N2O2S/c1-3-14(2)16-10-4-5-11-17(16)21-24(22,23)18-12-6-8-15-9-7-13-20-19(15)18/h4-14H,3H2,1-2H3/q-1. The Morgan fingerprint density at radius 1 is 1.04 bits per heavy atom. The fourth-order valence-corrected chi connectivity index (χ4v) is 3.86. The summed E-state index contributed by atoms with van der Waals surface area (Å²) in [4.78, 5) is 4.36. The number of hydrogen-bond acceptors (Lipinski definition) is 3. The molecule has 0 saturated heterocycles. The Kier molecular flexibility index (Phi) is 4.53. The molecule has 2 aromatic carbocycles. The molecule has 24 heavy (non-hydrogen) atoms. The lowest BCUT2D eigenvalue weighted by Crippen LogP contribution is -2.02. The van der Waals surface area contributed by atoms with Crippen LogP contribution in [-0.2, 0) is 10.0 Å². The van der Waals surface area contributed by atoms with Crippen LogP contribution >= 0.6 is 0 Å². The Morgan fingerprint density at radius 3 is 2.58 bits per heavy atom. The van der Waals surface area contributed by atoms with E-state index in [1.807, 2.05) is 30.3 Å². The zero-order valence-electron chi connectivity index (χ0n) is 13.7. The van der Waals surface area contributed by atoms with Gasteiger partial charge >= 0.3 is 0 Å². The summed E-state index contributed by atoms with van der Waals surface area (Å²) >= 11 is 0. The van der Waals surface area contributed by atoms with Crippen molar-refractivity contribution in [3.63, 3.8) is 0 Å². The number of fused-ring (bicyclic) bond motifs is 1. The van der Waals surface area contributed by atoms with Gasteiger partial charge in [-0.1, -0.05) is 61.9 Å². The van der Waals surface area contributed by atoms with E-state index in [1.165, 1.54) is 0 Å². The second-order valence-electron chi connectivity index (χ2n) is 5.77. The number of hydrogen-bond donors (Lipinski definition) is 0. The van der Waals surface area contributed by atoms with Crippen molar-refractivity contribution < 1.29 is 8.42 Å². The van der Waals surface area contributed by atoms with Gasteiger partial charge < -0.3 is 4.72 Å². The summed E-state index contributed by atoms with van der Waals surface area (Å²) in [7, 11) is -3.84. The van der Waals surface area contributed by atoms with E-state index >= 15 is 0 Å². The molecule has 0 saturated carbocycles. The van der Waals surface area contributed by atoms with E-state index < -0.39 is 10.0 Å². The topological polar surface area (TPSA) is 61.1 Å². The van der Waals surface area contributed by atoms with E-state index in [4.69, 9.17) is 0 Å². The van der Waals surface area contributed by atoms with Gasteiger partial charge in [0.2, 0.25) is 0 Å². The summed E-state index contributed by atoms with van der Waals surface area (Å²) in [5, 5.41) is 0.781. The highest BCUT2D eigenvalue weighted by atomic mass is 32.2. The van der Waals surface area contributed by atoms with Gasteiger partial charge in [-0.05, 0) is 24.5 Å². The highest BCUT2D eigenvalue weighted by Gasteiger charge is 2.12. The molecular formula is C19H19N2O2S-. The molecule has 0 N–H and O–H groups in total. The number of rotatable bonds is 5. The predicted octanol–water partition coefficient (Wildman–Crippen LogP) is 5.14. The van der Waals surface area contributed by atoms with Gasteiger partial charge in [0.05, 0.1) is 10.4 Å². The first-order valence-corrected chi connectivity index (χ1v) is 9.37. The van der Waals surface area contributed by atoms with Crippen molar-refractivity contribution in [1.82, 2.24) is 4.98 Å². The molecule has 1 heterocycles. The van der Waals surface area contributed by atoms with Crippen LogP contribution in [0.3, 0.4) is 0 Å². The van der Waals surface area contributed by atoms with Crippen LogP contribution in [0.15, 0.2) is 65.7 Å². The molecule has 0 fully saturated rings. The number of para-hydroxylation sites is 1. The normalized spacial score (nSPS) is 12.9. The Bertz CT molecular complexity index is 963. The maximum Gasteiger partial charge on any atom is 0.125 e. The van der Waals surface area contributed by atoms with Crippen LogP contribution in [0, 0.1) is 0 Å². The highest BCUT2D eigenvalue weighted by molar-refractivity contribution is 7.94. The third-order valence-electron chi connectivity index (χ3n) is 4.17. The molecule has 0 radical (unpaired) electrons. The van der Waals surface area contributed by atoms with Crippen molar-refractivity contribution >= 4 is 26.6 Å². The van der Waals surface area contributed by atoms with Crippen molar-refractivity contribution in [2.45, 2.75) is 31.1 Å². The Hall–Kier alpha value is -2.40. The monoisotopic (exact) mass is 339 g/mol. The SMILES string of the molecule is CCC(C)c1ccccc1[N-]S(=O)(=O)c1cccc2cccnc12. The average molecular weight is 339 g/mol. The van der Waals surface area contributed by atoms with Crippen LogP contribution in [0.5, 0.6) is 0 Å². The maximum atomic E-state index is 12.9. The minimum Gasteiger partial charge on any atom is -0.572 e. The average Bonchev–Trinajstić information content (AvgIpc) is 2.60. The van der Waals surface area contributed by atoms with E-state index in [0.717, 1.165) is 17.4 Å². The number of nitrogens with zero attached hydrogens (tertiary/aromatic N) is 2. The zero-order chi connectivity index (χ0) is 17.2. The third kappa shape index (κ3) is 3.12. The van der Waals surface area contributed by atoms with Crippen molar-refractivity contribution in [3.05, 3.63) is 71.1 Å². The first-order chi connectivity index (χ1) is 11.5. The quantitative estimate of drug-likeness (QED) is 0.646. The summed E-state index contributed by atoms with van der Waals surface area (Å²) in [5.74, 6) is 0.241. The fourth-order valence-electron chi connectivity index (χ4n) is 2.67. The number of benzene rings is 2. The summed E-state index contributed by atoms with van der Waals surface area (Å²) in [6.07, 6.45) is 2.51. The summed E-state index contributed by atoms with van der Waals surface area (Å²) in [6, 6.07) is 16.1. The summed E-state index contributed by atoms with van der Waals surface area (Å²) < 4.78 is 29.9. The van der Waals surface area contributed by atoms with Crippen molar-refractivity contribution in [2.24, 2.45) is 0 Å². The van der Waals surface area contributed by atoms with Gasteiger partial charge in [0, 0.05) is 11.6 Å². The lowest BCUT2D eigenvalue weighted by atomic mass is 9.97. The number of sulfonamides is 1. The molecule has 3 aromatic rings. The minimum atomic E-state index is -3.84. The van der Waals surface area contributed by atoms with Crippen LogP contribution < -0.4 is 0 Å². The van der Waals surface area contributed by atoms with Gasteiger partial charge in [0.15, 0.2) is 0 Å². The van der Waals surface area contributed by atoms with E-state index in [1.54, 1.807) is 30.5 Å². The van der Waals surface area contributed by atoms with Crippen LogP contribution in [0.4, 0.5) is 5.69 Å². The Labute approximate surface area is 142 Å². The van der Waals surface area contributed by atoms with Gasteiger partial charge in [0.1, 0.15) is 10.0 Å². The zero-order valence-corrected chi connectivity index (χ0v) is 14.5. The van der Waals surface area contributed by atoms with Crippen molar-refractivity contribution in [2.75, 3.05) is 0 Å². The van der Waals surface area contributed by atoms with Crippen molar-refractivity contribution in [1.29, 1.82) is 0 Å². The van der Waals surface area contributed by atoms with E-state index in [2.05, 4.69) is 23.6 Å². The van der Waals surface area contributed by atoms with Crippen LogP contribution in [0.2, 0.25) is 0 Å². The van der Waals surface area contributed by atoms with E-state index in [-0.39, 0.29) is 10.8 Å². The predicted molar refractivity (Wildman–Crippen MR) is 97.1 cm³/mol. The third-order valence-corrected chi connectivity index (χ3v) is 5.49. The lowest BCUT2D eigenvalue weighted by molar-refractivity contribution is 0.604. The van der Waals surface area contributed by atoms with Gasteiger partial charge in [-0.25, -0.2) is 8.42 Å². The molecule has 0 aliphatic rings. The summed E-state index contributed by atoms with van der Waals surface area (Å²) in [5.41, 5.74) is 1.89. The Morgan fingerprint density at radius 2 is 1.79 bits per heavy atom. The van der Waals surface area contributed by atoms with Crippen LogP contribution in [0.25, 0.3) is 15.6 Å². The molecular weight excluding hydrogens is 320 g/mol. The molecule has 1 aromatic heterocycles. The lowest BCUT2D eigenvalue weighted by Gasteiger charge is -2.27. The van der Waals surface area contributed by atoms with Gasteiger partial charge in [-0.15, -0.1) is 5.69 Å². The molecule has 1 atom stereocenters. The first kappa shape index (κ1) is 16.5. The molecule has 124 valence electrons. The molecule has 0 spiro atoms. The van der Waals surface area contributed by atoms with Gasteiger partial charge in [0.25, 0.3) is 0 Å². The molecule has 0 aliphatic heterocycles. The van der Waals surface area contributed by atoms with Gasteiger partial charge in [-0.3, -0.25) is 4.98 Å². The molecule has 3 rings (SSSR count). The van der Waals surface area contributed by atoms with Gasteiger partial charge in [-0.2, -0.15) is 0 Å². The molecule has 5 heteroatoms. The fraction of sp³-hybridized carbons (Fsp3) is 0.211. The molecule has 0 bridgehead atoms. The molecule has 0 aliphatic carbocycles. The Balaban J connectivity index is 2.07. The number of pyridine rings is 1. The smallest absolute Gasteiger partial charge is 0.125 e. The second-order valence-corrected chi connectivity index (χ2v) is 7.34. The number of aromatic nitrogens is 1. The van der Waals surface area contributed by atoms with Crippen LogP contribution in [-0.4, -0.2) is 13.4 Å². The minimum absolute atomic E-state index is 0.138. The summed E-state index contributed by atoms with van der Waals surface area (Å²) in [6.45, 7) is 4.14. The first-order valence-electron chi connectivity index (χ1n) is 7.93. The molecule has 1 unspecified atom stereocenters. The second kappa shape index (κ2) is 6.61. The van der Waals surface area contributed by atoms with Crippen molar-refractivity contribution in [3.8, 4) is 0 Å². The van der Waals surface area contributed by atoms with Crippen LogP contribution in [0.1, 0.15) is 31.7 Å². The molecule has 0 amide bonds. The molecule has 4 nitrogen and oxygen atoms in total. The van der Waals surface area contributed by atoms with E-state index in [0.29, 0.717) is 11.2 Å². The van der Waals surface area contributed by atoms with E-state index in [9.17, 15) is 8.42 Å². The maximum absolute atomic E-state index is 12.9. The largest absolute Gasteiger partial charge is 0.572 e. The highest BCUT2D eigenvalue weighted by Crippen LogP contribution is 2.37.